The van der Waals surface area contributed by atoms with Crippen LogP contribution in [0.25, 0.3) is 10.8 Å². The van der Waals surface area contributed by atoms with E-state index in [-0.39, 0.29) is 38.6 Å². The van der Waals surface area contributed by atoms with Crippen LogP contribution in [0.5, 0.6) is 11.5 Å². The number of hydrogen-bond acceptors (Lipinski definition) is 2. The monoisotopic (exact) mass is 490 g/mol. The van der Waals surface area contributed by atoms with Crippen molar-refractivity contribution in [1.82, 2.24) is 0 Å². The van der Waals surface area contributed by atoms with Crippen LogP contribution in [0.4, 0.5) is 0 Å². The summed E-state index contributed by atoms with van der Waals surface area (Å²) in [5, 5.41) is 20.5. The van der Waals surface area contributed by atoms with Gasteiger partial charge in [0.15, 0.2) is 0 Å². The van der Waals surface area contributed by atoms with E-state index < -0.39 is 0 Å². The maximum absolute atomic E-state index is 9.37. The maximum atomic E-state index is 9.37. The van der Waals surface area contributed by atoms with Gasteiger partial charge in [-0.3, -0.25) is 0 Å². The minimum atomic E-state index is 0. The second-order valence-corrected chi connectivity index (χ2v) is 7.04. The van der Waals surface area contributed by atoms with E-state index in [2.05, 4.69) is 6.92 Å². The van der Waals surface area contributed by atoms with Crippen LogP contribution in [0.1, 0.15) is 57.4 Å². The van der Waals surface area contributed by atoms with E-state index in [4.69, 9.17) is 5.11 Å². The van der Waals surface area contributed by atoms with Crippen LogP contribution in [0.3, 0.4) is 0 Å². The van der Waals surface area contributed by atoms with Crippen LogP contribution in [0, 0.1) is 0 Å². The van der Waals surface area contributed by atoms with Crippen molar-refractivity contribution in [3.63, 3.8) is 0 Å². The molecule has 3 aromatic carbocycles. The van der Waals surface area contributed by atoms with Gasteiger partial charge in [0, 0.05) is 31.6 Å². The van der Waals surface area contributed by atoms with Crippen LogP contribution in [-0.2, 0) is 32.6 Å². The molecule has 4 heteroatoms. The molecule has 0 saturated heterocycles. The van der Waals surface area contributed by atoms with Crippen LogP contribution in [-0.4, -0.2) is 10.2 Å². The first-order valence-electron chi connectivity index (χ1n) is 10.2. The second-order valence-electron chi connectivity index (χ2n) is 7.04. The predicted molar refractivity (Wildman–Crippen MR) is 123 cm³/mol. The minimum absolute atomic E-state index is 0. The van der Waals surface area contributed by atoms with Crippen molar-refractivity contribution in [3.8, 4) is 11.5 Å². The summed E-state index contributed by atoms with van der Waals surface area (Å²) in [6.07, 6.45) is 10.6. The zero-order valence-corrected chi connectivity index (χ0v) is 20.6. The molecule has 0 aliphatic rings. The number of halogens is 1. The second kappa shape index (κ2) is 16.5. The van der Waals surface area contributed by atoms with E-state index in [1.807, 2.05) is 48.5 Å². The summed E-state index contributed by atoms with van der Waals surface area (Å²) in [7, 11) is 0. The van der Waals surface area contributed by atoms with Crippen molar-refractivity contribution in [2.45, 2.75) is 58.3 Å². The molecule has 2 N–H and O–H groups in total. The molecule has 3 rings (SSSR count). The standard InChI is InChI=1S/C15H24O.C10H8O.ClH.Zr/c1-2-3-4-5-6-7-8-9-14-10-12-15(16)13-11-14;11-10-7-3-5-8-4-1-2-6-9(8)10;;/h10-13,16H,2-9H2,1H3;1-7,11H;1H;. The number of aromatic hydroxyl groups is 2. The topological polar surface area (TPSA) is 40.5 Å². The third kappa shape index (κ3) is 10.9. The maximum Gasteiger partial charge on any atom is 0.123 e. The quantitative estimate of drug-likeness (QED) is 0.317. The van der Waals surface area contributed by atoms with Crippen molar-refractivity contribution in [3.05, 3.63) is 72.3 Å². The van der Waals surface area contributed by atoms with E-state index in [0.29, 0.717) is 11.5 Å². The van der Waals surface area contributed by atoms with Crippen LogP contribution >= 0.6 is 12.4 Å². The van der Waals surface area contributed by atoms with Crippen molar-refractivity contribution < 1.29 is 36.4 Å². The molecule has 0 heterocycles. The van der Waals surface area contributed by atoms with Gasteiger partial charge < -0.3 is 10.2 Å². The average Bonchev–Trinajstić information content (AvgIpc) is 2.70. The van der Waals surface area contributed by atoms with E-state index in [0.717, 1.165) is 17.2 Å². The van der Waals surface area contributed by atoms with Gasteiger partial charge in [-0.05, 0) is 42.0 Å². The molecule has 2 nitrogen and oxygen atoms in total. The Morgan fingerprint density at radius 2 is 1.24 bits per heavy atom. The Hall–Kier alpha value is -1.31. The Balaban J connectivity index is 0.000000531. The molecule has 0 radical (unpaired) electrons. The van der Waals surface area contributed by atoms with E-state index >= 15 is 0 Å². The summed E-state index contributed by atoms with van der Waals surface area (Å²) in [6, 6.07) is 20.9. The number of aryl methyl sites for hydroxylation is 1. The Bertz CT molecular complexity index is 785. The summed E-state index contributed by atoms with van der Waals surface area (Å²) in [5.41, 5.74) is 1.34. The van der Waals surface area contributed by atoms with Gasteiger partial charge in [-0.15, -0.1) is 12.4 Å². The molecule has 0 bridgehead atoms. The van der Waals surface area contributed by atoms with Gasteiger partial charge in [0.1, 0.15) is 11.5 Å². The summed E-state index contributed by atoms with van der Waals surface area (Å²) in [6.45, 7) is 2.25. The molecule has 0 atom stereocenters. The van der Waals surface area contributed by atoms with Gasteiger partial charge in [-0.25, -0.2) is 0 Å². The summed E-state index contributed by atoms with van der Waals surface area (Å²) < 4.78 is 0. The van der Waals surface area contributed by atoms with Crippen LogP contribution in [0.15, 0.2) is 66.7 Å². The number of hydrogen-bond donors (Lipinski definition) is 2. The smallest absolute Gasteiger partial charge is 0.123 e. The molecule has 0 unspecified atom stereocenters. The molecule has 0 spiro atoms. The van der Waals surface area contributed by atoms with Crippen molar-refractivity contribution in [2.24, 2.45) is 0 Å². The van der Waals surface area contributed by atoms with Gasteiger partial charge in [0.05, 0.1) is 0 Å². The molecule has 3 aromatic rings. The molecule has 0 aliphatic carbocycles. The molecule has 0 amide bonds. The fraction of sp³-hybridized carbons (Fsp3) is 0.360. The summed E-state index contributed by atoms with van der Waals surface area (Å²) >= 11 is 0. The van der Waals surface area contributed by atoms with Crippen molar-refractivity contribution >= 4 is 23.2 Å². The van der Waals surface area contributed by atoms with E-state index in [1.165, 1.54) is 50.5 Å². The Morgan fingerprint density at radius 1 is 0.655 bits per heavy atom. The number of phenols is 2. The SMILES string of the molecule is CCCCCCCCCc1ccc(O)cc1.Cl.Oc1cccc2ccccc12.[Zr]. The molecule has 0 fully saturated rings. The van der Waals surface area contributed by atoms with E-state index in [1.54, 1.807) is 18.2 Å². The molecular weight excluding hydrogens is 459 g/mol. The molecule has 29 heavy (non-hydrogen) atoms. The number of unbranched alkanes of at least 4 members (excludes halogenated alkanes) is 6. The zero-order chi connectivity index (χ0) is 19.3. The number of benzene rings is 3. The van der Waals surface area contributed by atoms with Gasteiger partial charge in [0.2, 0.25) is 0 Å². The fourth-order valence-electron chi connectivity index (χ4n) is 3.16. The third-order valence-corrected chi connectivity index (χ3v) is 4.77. The zero-order valence-electron chi connectivity index (χ0n) is 17.3. The van der Waals surface area contributed by atoms with Gasteiger partial charge in [0.25, 0.3) is 0 Å². The number of rotatable bonds is 8. The number of fused-ring (bicyclic) bond motifs is 1. The molecule has 0 saturated carbocycles. The Kier molecular flexibility index (Phi) is 15.7. The third-order valence-electron chi connectivity index (χ3n) is 4.77. The predicted octanol–water partition coefficient (Wildman–Crippen LogP) is 7.65. The normalized spacial score (nSPS) is 9.69. The first-order chi connectivity index (χ1) is 13.2. The Labute approximate surface area is 200 Å². The summed E-state index contributed by atoms with van der Waals surface area (Å²) in [4.78, 5) is 0. The average molecular weight is 492 g/mol. The van der Waals surface area contributed by atoms with Gasteiger partial charge in [-0.2, -0.15) is 0 Å². The van der Waals surface area contributed by atoms with Crippen molar-refractivity contribution in [2.75, 3.05) is 0 Å². The first-order valence-corrected chi connectivity index (χ1v) is 10.2. The van der Waals surface area contributed by atoms with Crippen LogP contribution < -0.4 is 0 Å². The molecular formula is C25H33ClO2Zr. The van der Waals surface area contributed by atoms with Crippen molar-refractivity contribution in [1.29, 1.82) is 0 Å². The largest absolute Gasteiger partial charge is 0.508 e. The minimum Gasteiger partial charge on any atom is -0.508 e. The fourth-order valence-corrected chi connectivity index (χ4v) is 3.16. The van der Waals surface area contributed by atoms with Crippen LogP contribution in [0.2, 0.25) is 0 Å². The molecule has 0 aliphatic heterocycles. The molecule has 0 aromatic heterocycles. The summed E-state index contributed by atoms with van der Waals surface area (Å²) in [5.74, 6) is 0.714. The van der Waals surface area contributed by atoms with E-state index in [9.17, 15) is 5.11 Å². The first kappa shape index (κ1) is 27.7. The number of phenolic OH excluding ortho intramolecular Hbond substituents is 2. The van der Waals surface area contributed by atoms with Gasteiger partial charge in [-0.1, -0.05) is 94.0 Å². The molecule has 156 valence electrons. The Morgan fingerprint density at radius 3 is 1.90 bits per heavy atom. The van der Waals surface area contributed by atoms with Gasteiger partial charge >= 0.3 is 0 Å².